The zero-order valence-corrected chi connectivity index (χ0v) is 7.72. The van der Waals surface area contributed by atoms with Gasteiger partial charge in [-0.2, -0.15) is 0 Å². The van der Waals surface area contributed by atoms with Gasteiger partial charge < -0.3 is 4.74 Å². The molecule has 0 unspecified atom stereocenters. The maximum absolute atomic E-state index is 10.9. The molecule has 0 atom stereocenters. The molecule has 68 valence electrons. The molecule has 0 radical (unpaired) electrons. The quantitative estimate of drug-likeness (QED) is 0.492. The maximum Gasteiger partial charge on any atom is 0.331 e. The molecule has 1 aliphatic rings. The highest BCUT2D eigenvalue weighted by Crippen LogP contribution is 2.20. The Labute approximate surface area is 77.5 Å². The van der Waals surface area contributed by atoms with Crippen molar-refractivity contribution in [3.8, 4) is 0 Å². The number of carbonyl (C=O) groups excluding carboxylic acids is 1. The van der Waals surface area contributed by atoms with Crippen molar-refractivity contribution in [3.05, 3.63) is 11.6 Å². The number of halogens is 1. The molecular formula is C9H13ClO2. The molecule has 0 spiro atoms. The lowest BCUT2D eigenvalue weighted by Crippen LogP contribution is -2.19. The highest BCUT2D eigenvalue weighted by molar-refractivity contribution is 6.26. The molecule has 0 amide bonds. The molecule has 12 heavy (non-hydrogen) atoms. The number of ether oxygens (including phenoxy) is 1. The summed E-state index contributed by atoms with van der Waals surface area (Å²) in [5, 5.41) is 0. The molecule has 0 aromatic carbocycles. The fraction of sp³-hybridized carbons (Fsp3) is 0.667. The van der Waals surface area contributed by atoms with Gasteiger partial charge in [-0.1, -0.05) is 18.0 Å². The summed E-state index contributed by atoms with van der Waals surface area (Å²) in [5.41, 5.74) is 1.19. The van der Waals surface area contributed by atoms with Crippen LogP contribution in [0, 0.1) is 0 Å². The van der Waals surface area contributed by atoms with E-state index in [2.05, 4.69) is 0 Å². The van der Waals surface area contributed by atoms with Gasteiger partial charge in [0.15, 0.2) is 0 Å². The van der Waals surface area contributed by atoms with Gasteiger partial charge in [0.25, 0.3) is 0 Å². The van der Waals surface area contributed by atoms with Crippen molar-refractivity contribution >= 4 is 17.6 Å². The van der Waals surface area contributed by atoms with Crippen molar-refractivity contribution in [2.45, 2.75) is 38.2 Å². The summed E-state index contributed by atoms with van der Waals surface area (Å²) in [5.74, 6) is -0.322. The Morgan fingerprint density at radius 3 is 2.58 bits per heavy atom. The van der Waals surface area contributed by atoms with Crippen LogP contribution >= 0.6 is 11.6 Å². The van der Waals surface area contributed by atoms with Gasteiger partial charge in [0.2, 0.25) is 0 Å². The molecule has 1 saturated carbocycles. The molecule has 0 aromatic heterocycles. The predicted molar refractivity (Wildman–Crippen MR) is 48.0 cm³/mol. The van der Waals surface area contributed by atoms with Crippen molar-refractivity contribution < 1.29 is 9.53 Å². The first kappa shape index (κ1) is 9.59. The Balaban J connectivity index is 2.24. The monoisotopic (exact) mass is 188 g/mol. The van der Waals surface area contributed by atoms with E-state index >= 15 is 0 Å². The minimum Gasteiger partial charge on any atom is -0.459 e. The number of carbonyl (C=O) groups is 1. The van der Waals surface area contributed by atoms with Gasteiger partial charge >= 0.3 is 5.97 Å². The SMILES string of the molecule is O=C(C=CCl)OC1CCCCC1. The van der Waals surface area contributed by atoms with Crippen LogP contribution < -0.4 is 0 Å². The summed E-state index contributed by atoms with van der Waals surface area (Å²) in [7, 11) is 0. The van der Waals surface area contributed by atoms with Crippen LogP contribution in [0.3, 0.4) is 0 Å². The molecule has 0 bridgehead atoms. The van der Waals surface area contributed by atoms with E-state index in [1.807, 2.05) is 0 Å². The lowest BCUT2D eigenvalue weighted by atomic mass is 9.98. The second-order valence-electron chi connectivity index (χ2n) is 2.99. The van der Waals surface area contributed by atoms with Crippen LogP contribution in [0.5, 0.6) is 0 Å². The Morgan fingerprint density at radius 1 is 1.33 bits per heavy atom. The highest BCUT2D eigenvalue weighted by atomic mass is 35.5. The third kappa shape index (κ3) is 3.26. The molecule has 3 heteroatoms. The molecule has 0 N–H and O–H groups in total. The highest BCUT2D eigenvalue weighted by Gasteiger charge is 2.15. The first-order valence-corrected chi connectivity index (χ1v) is 4.74. The van der Waals surface area contributed by atoms with Gasteiger partial charge in [-0.3, -0.25) is 0 Å². The zero-order chi connectivity index (χ0) is 8.81. The maximum atomic E-state index is 10.9. The minimum absolute atomic E-state index is 0.124. The summed E-state index contributed by atoms with van der Waals surface area (Å²) < 4.78 is 5.12. The minimum atomic E-state index is -0.322. The zero-order valence-electron chi connectivity index (χ0n) is 6.96. The molecule has 1 aliphatic carbocycles. The van der Waals surface area contributed by atoms with E-state index in [4.69, 9.17) is 16.3 Å². The third-order valence-corrected chi connectivity index (χ3v) is 2.16. The molecule has 1 rings (SSSR count). The molecule has 0 heterocycles. The van der Waals surface area contributed by atoms with Crippen LogP contribution in [0.2, 0.25) is 0 Å². The van der Waals surface area contributed by atoms with Gasteiger partial charge in [-0.15, -0.1) is 0 Å². The van der Waals surface area contributed by atoms with Gasteiger partial charge in [0, 0.05) is 11.6 Å². The number of hydrogen-bond donors (Lipinski definition) is 0. The van der Waals surface area contributed by atoms with Crippen LogP contribution in [0.4, 0.5) is 0 Å². The van der Waals surface area contributed by atoms with Crippen molar-refractivity contribution in [2.24, 2.45) is 0 Å². The van der Waals surface area contributed by atoms with E-state index in [0.717, 1.165) is 12.8 Å². The topological polar surface area (TPSA) is 26.3 Å². The summed E-state index contributed by atoms with van der Waals surface area (Å²) in [6.07, 6.45) is 6.98. The Hall–Kier alpha value is -0.500. The van der Waals surface area contributed by atoms with E-state index in [-0.39, 0.29) is 12.1 Å². The van der Waals surface area contributed by atoms with E-state index < -0.39 is 0 Å². The smallest absolute Gasteiger partial charge is 0.331 e. The molecule has 2 nitrogen and oxygen atoms in total. The number of esters is 1. The second-order valence-corrected chi connectivity index (χ2v) is 3.24. The molecule has 0 saturated heterocycles. The first-order valence-electron chi connectivity index (χ1n) is 4.30. The Kier molecular flexibility index (Phi) is 4.15. The van der Waals surface area contributed by atoms with Gasteiger partial charge in [-0.25, -0.2) is 4.79 Å². The van der Waals surface area contributed by atoms with Crippen LogP contribution in [-0.2, 0) is 9.53 Å². The third-order valence-electron chi connectivity index (χ3n) is 2.03. The average Bonchev–Trinajstić information content (AvgIpc) is 2.06. The van der Waals surface area contributed by atoms with Gasteiger partial charge in [0.1, 0.15) is 6.10 Å². The normalized spacial score (nSPS) is 19.8. The van der Waals surface area contributed by atoms with Crippen LogP contribution in [-0.4, -0.2) is 12.1 Å². The summed E-state index contributed by atoms with van der Waals surface area (Å²) in [4.78, 5) is 10.9. The number of hydrogen-bond acceptors (Lipinski definition) is 2. The van der Waals surface area contributed by atoms with Crippen molar-refractivity contribution in [1.29, 1.82) is 0 Å². The first-order chi connectivity index (χ1) is 5.83. The standard InChI is InChI=1S/C9H13ClO2/c10-7-6-9(11)12-8-4-2-1-3-5-8/h6-8H,1-5H2. The fourth-order valence-electron chi connectivity index (χ4n) is 1.44. The molecule has 0 aromatic rings. The van der Waals surface area contributed by atoms with Crippen molar-refractivity contribution in [2.75, 3.05) is 0 Å². The predicted octanol–water partition coefficient (Wildman–Crippen LogP) is 2.61. The lowest BCUT2D eigenvalue weighted by Gasteiger charge is -2.20. The Bertz CT molecular complexity index is 171. The summed E-state index contributed by atoms with van der Waals surface area (Å²) >= 11 is 5.23. The van der Waals surface area contributed by atoms with Crippen molar-refractivity contribution in [3.63, 3.8) is 0 Å². The molecular weight excluding hydrogens is 176 g/mol. The molecule has 1 fully saturated rings. The van der Waals surface area contributed by atoms with Crippen LogP contribution in [0.15, 0.2) is 11.6 Å². The van der Waals surface area contributed by atoms with E-state index in [1.54, 1.807) is 0 Å². The summed E-state index contributed by atoms with van der Waals surface area (Å²) in [6, 6.07) is 0. The van der Waals surface area contributed by atoms with E-state index in [9.17, 15) is 4.79 Å². The number of rotatable bonds is 2. The fourth-order valence-corrected chi connectivity index (χ4v) is 1.54. The van der Waals surface area contributed by atoms with E-state index in [0.29, 0.717) is 0 Å². The molecule has 0 aliphatic heterocycles. The second kappa shape index (κ2) is 5.20. The van der Waals surface area contributed by atoms with Crippen LogP contribution in [0.1, 0.15) is 32.1 Å². The lowest BCUT2D eigenvalue weighted by molar-refractivity contribution is -0.144. The summed E-state index contributed by atoms with van der Waals surface area (Å²) in [6.45, 7) is 0. The Morgan fingerprint density at radius 2 is 2.00 bits per heavy atom. The van der Waals surface area contributed by atoms with Crippen LogP contribution in [0.25, 0.3) is 0 Å². The van der Waals surface area contributed by atoms with Crippen molar-refractivity contribution in [1.82, 2.24) is 0 Å². The average molecular weight is 189 g/mol. The largest absolute Gasteiger partial charge is 0.459 e. The van der Waals surface area contributed by atoms with E-state index in [1.165, 1.54) is 30.9 Å². The van der Waals surface area contributed by atoms with Gasteiger partial charge in [-0.05, 0) is 25.7 Å². The van der Waals surface area contributed by atoms with Gasteiger partial charge in [0.05, 0.1) is 0 Å².